The summed E-state index contributed by atoms with van der Waals surface area (Å²) in [6, 6.07) is 7.84. The summed E-state index contributed by atoms with van der Waals surface area (Å²) in [5.41, 5.74) is 0.662. The van der Waals surface area contributed by atoms with Gasteiger partial charge in [0.05, 0.1) is 35.8 Å². The van der Waals surface area contributed by atoms with E-state index in [2.05, 4.69) is 11.9 Å². The van der Waals surface area contributed by atoms with Crippen molar-refractivity contribution in [3.8, 4) is 16.5 Å². The Morgan fingerprint density at radius 1 is 1.25 bits per heavy atom. The fourth-order valence-electron chi connectivity index (χ4n) is 5.56. The number of aromatic nitrogens is 2. The van der Waals surface area contributed by atoms with E-state index in [1.54, 1.807) is 33.4 Å². The lowest BCUT2D eigenvalue weighted by molar-refractivity contribution is -0.145. The number of fused-ring (bicyclic) bond motifs is 1. The predicted octanol–water partition coefficient (Wildman–Crippen LogP) is 6.73. The lowest BCUT2D eigenvalue weighted by atomic mass is 9.88. The maximum Gasteiger partial charge on any atom is 0.329 e. The molecule has 3 heterocycles. The topological polar surface area (TPSA) is 104 Å². The molecule has 0 spiro atoms. The molecular formula is C31H36N2O6S. The monoisotopic (exact) mass is 564 g/mol. The molecule has 1 atom stereocenters. The Balaban J connectivity index is 1.69. The number of aliphatic carboxylic acids is 1. The zero-order valence-electron chi connectivity index (χ0n) is 23.6. The molecule has 1 fully saturated rings. The van der Waals surface area contributed by atoms with E-state index in [0.717, 1.165) is 57.7 Å². The van der Waals surface area contributed by atoms with Crippen molar-refractivity contribution in [2.75, 3.05) is 7.11 Å². The van der Waals surface area contributed by atoms with Gasteiger partial charge >= 0.3 is 5.97 Å². The van der Waals surface area contributed by atoms with Crippen molar-refractivity contribution in [3.05, 3.63) is 70.0 Å². The SMILES string of the molecule is COc1ccccc1[C@H](Cc1cn(C(C)(C)C(=O)O)c(=O)c2c(C)c(-c3ncco3)sc12)O[C@H]1CC[C@@H](C)CC1. The molecule has 0 unspecified atom stereocenters. The number of hydrogen-bond donors (Lipinski definition) is 1. The number of pyridine rings is 1. The number of para-hydroxylation sites is 1. The van der Waals surface area contributed by atoms with Crippen molar-refractivity contribution >= 4 is 27.4 Å². The van der Waals surface area contributed by atoms with E-state index in [1.807, 2.05) is 31.2 Å². The second kappa shape index (κ2) is 11.2. The average molecular weight is 565 g/mol. The molecule has 8 nitrogen and oxygen atoms in total. The highest BCUT2D eigenvalue weighted by molar-refractivity contribution is 7.22. The number of methoxy groups -OCH3 is 1. The molecule has 1 aromatic carbocycles. The molecule has 212 valence electrons. The lowest BCUT2D eigenvalue weighted by Gasteiger charge is -2.31. The van der Waals surface area contributed by atoms with Gasteiger partial charge in [-0.15, -0.1) is 11.3 Å². The number of ether oxygens (including phenoxy) is 2. The molecule has 0 amide bonds. The van der Waals surface area contributed by atoms with E-state index in [0.29, 0.717) is 23.6 Å². The van der Waals surface area contributed by atoms with Crippen LogP contribution in [0.4, 0.5) is 0 Å². The molecule has 40 heavy (non-hydrogen) atoms. The molecule has 9 heteroatoms. The van der Waals surface area contributed by atoms with Gasteiger partial charge in [-0.25, -0.2) is 9.78 Å². The number of nitrogens with zero attached hydrogens (tertiary/aromatic N) is 2. The molecular weight excluding hydrogens is 528 g/mol. The number of aryl methyl sites for hydroxylation is 1. The van der Waals surface area contributed by atoms with Gasteiger partial charge < -0.3 is 19.0 Å². The van der Waals surface area contributed by atoms with Gasteiger partial charge in [-0.1, -0.05) is 25.1 Å². The minimum atomic E-state index is -1.46. The Hall–Kier alpha value is -3.43. The second-order valence-corrected chi connectivity index (χ2v) is 12.3. The van der Waals surface area contributed by atoms with Crippen LogP contribution in [0.3, 0.4) is 0 Å². The van der Waals surface area contributed by atoms with Crippen LogP contribution in [0.1, 0.15) is 69.2 Å². The van der Waals surface area contributed by atoms with Crippen LogP contribution in [0, 0.1) is 12.8 Å². The summed E-state index contributed by atoms with van der Waals surface area (Å²) in [5.74, 6) is 0.764. The van der Waals surface area contributed by atoms with Crippen molar-refractivity contribution in [1.82, 2.24) is 9.55 Å². The standard InChI is InChI=1S/C31H36N2O6S/c1-18-10-12-21(13-11-18)39-24(22-8-6-7-9-23(22)37-5)16-20-17-33(31(3,4)30(35)36)29(34)25-19(2)26(40-27(20)25)28-32-14-15-38-28/h6-9,14-15,17-18,21,24H,10-13,16H2,1-5H3,(H,35,36)/t18-,21+,24-/m0/s1. The quantitative estimate of drug-likeness (QED) is 0.240. The van der Waals surface area contributed by atoms with Crippen molar-refractivity contribution in [1.29, 1.82) is 0 Å². The molecule has 1 aliphatic carbocycles. The summed E-state index contributed by atoms with van der Waals surface area (Å²) in [5, 5.41) is 10.5. The smallest absolute Gasteiger partial charge is 0.329 e. The molecule has 3 aromatic heterocycles. The Morgan fingerprint density at radius 3 is 2.62 bits per heavy atom. The molecule has 0 aliphatic heterocycles. The third-order valence-corrected chi connectivity index (χ3v) is 9.47. The first-order valence-corrected chi connectivity index (χ1v) is 14.5. The Morgan fingerprint density at radius 2 is 1.98 bits per heavy atom. The van der Waals surface area contributed by atoms with Crippen LogP contribution in [0.2, 0.25) is 0 Å². The zero-order valence-corrected chi connectivity index (χ0v) is 24.4. The summed E-state index contributed by atoms with van der Waals surface area (Å²) in [6.07, 6.45) is 9.17. The number of rotatable bonds is 9. The third-order valence-electron chi connectivity index (χ3n) is 8.12. The molecule has 1 saturated carbocycles. The Bertz CT molecular complexity index is 1560. The normalized spacial score (nSPS) is 18.6. The van der Waals surface area contributed by atoms with Crippen LogP contribution in [0.5, 0.6) is 5.75 Å². The van der Waals surface area contributed by atoms with E-state index in [1.165, 1.54) is 22.2 Å². The lowest BCUT2D eigenvalue weighted by Crippen LogP contribution is -2.42. The fraction of sp³-hybridized carbons (Fsp3) is 0.452. The van der Waals surface area contributed by atoms with Crippen LogP contribution in [-0.2, 0) is 21.5 Å². The van der Waals surface area contributed by atoms with E-state index in [-0.39, 0.29) is 17.8 Å². The molecule has 5 rings (SSSR count). The molecule has 1 aliphatic rings. The number of hydrogen-bond acceptors (Lipinski definition) is 7. The minimum absolute atomic E-state index is 0.107. The van der Waals surface area contributed by atoms with Gasteiger partial charge in [-0.3, -0.25) is 9.36 Å². The molecule has 0 bridgehead atoms. The summed E-state index contributed by atoms with van der Waals surface area (Å²) in [4.78, 5) is 31.2. The van der Waals surface area contributed by atoms with Crippen LogP contribution < -0.4 is 10.3 Å². The number of thiophene rings is 1. The van der Waals surface area contributed by atoms with Gasteiger partial charge in [0, 0.05) is 22.9 Å². The maximum absolute atomic E-state index is 13.8. The third kappa shape index (κ3) is 5.20. The first-order chi connectivity index (χ1) is 19.1. The summed E-state index contributed by atoms with van der Waals surface area (Å²) >= 11 is 1.44. The minimum Gasteiger partial charge on any atom is -0.496 e. The highest BCUT2D eigenvalue weighted by Crippen LogP contribution is 2.41. The number of oxazole rings is 1. The van der Waals surface area contributed by atoms with Gasteiger partial charge in [-0.05, 0) is 69.6 Å². The van der Waals surface area contributed by atoms with Gasteiger partial charge in [0.1, 0.15) is 17.6 Å². The van der Waals surface area contributed by atoms with E-state index in [4.69, 9.17) is 13.9 Å². The molecule has 0 saturated heterocycles. The summed E-state index contributed by atoms with van der Waals surface area (Å²) < 4.78 is 20.3. The maximum atomic E-state index is 13.8. The van der Waals surface area contributed by atoms with Crippen molar-refractivity contribution in [2.24, 2.45) is 5.92 Å². The number of carbonyl (C=O) groups is 1. The highest BCUT2D eigenvalue weighted by Gasteiger charge is 2.34. The highest BCUT2D eigenvalue weighted by atomic mass is 32.1. The largest absolute Gasteiger partial charge is 0.496 e. The molecule has 1 N–H and O–H groups in total. The van der Waals surface area contributed by atoms with Gasteiger partial charge in [0.25, 0.3) is 5.56 Å². The first-order valence-electron chi connectivity index (χ1n) is 13.7. The van der Waals surface area contributed by atoms with Crippen LogP contribution in [-0.4, -0.2) is 33.8 Å². The van der Waals surface area contributed by atoms with Crippen molar-refractivity contribution in [3.63, 3.8) is 0 Å². The first kappa shape index (κ1) is 28.1. The number of benzene rings is 1. The van der Waals surface area contributed by atoms with Gasteiger partial charge in [0.15, 0.2) is 0 Å². The Kier molecular flexibility index (Phi) is 7.88. The van der Waals surface area contributed by atoms with Gasteiger partial charge in [0.2, 0.25) is 5.89 Å². The predicted molar refractivity (Wildman–Crippen MR) is 155 cm³/mol. The van der Waals surface area contributed by atoms with Crippen LogP contribution in [0.25, 0.3) is 20.9 Å². The summed E-state index contributed by atoms with van der Waals surface area (Å²) in [7, 11) is 1.65. The van der Waals surface area contributed by atoms with E-state index in [9.17, 15) is 14.7 Å². The number of carboxylic acid groups (broad SMARTS) is 1. The summed E-state index contributed by atoms with van der Waals surface area (Å²) in [6.45, 7) is 7.22. The number of carboxylic acids is 1. The van der Waals surface area contributed by atoms with Crippen LogP contribution >= 0.6 is 11.3 Å². The van der Waals surface area contributed by atoms with Crippen molar-refractivity contribution < 1.29 is 23.8 Å². The van der Waals surface area contributed by atoms with E-state index < -0.39 is 11.5 Å². The zero-order chi connectivity index (χ0) is 28.6. The molecule has 4 aromatic rings. The average Bonchev–Trinajstić information content (AvgIpc) is 3.59. The van der Waals surface area contributed by atoms with Crippen LogP contribution in [0.15, 0.2) is 52.1 Å². The van der Waals surface area contributed by atoms with E-state index >= 15 is 0 Å². The fourth-order valence-corrected chi connectivity index (χ4v) is 6.81. The Labute approximate surface area is 237 Å². The second-order valence-electron chi connectivity index (χ2n) is 11.2. The molecule has 0 radical (unpaired) electrons. The van der Waals surface area contributed by atoms with Crippen molar-refractivity contribution in [2.45, 2.75) is 77.5 Å². The van der Waals surface area contributed by atoms with Gasteiger partial charge in [-0.2, -0.15) is 0 Å².